The second-order valence-electron chi connectivity index (χ2n) is 6.26. The highest BCUT2D eigenvalue weighted by atomic mass is 127. The lowest BCUT2D eigenvalue weighted by Gasteiger charge is -2.27. The van der Waals surface area contributed by atoms with Gasteiger partial charge in [-0.15, -0.1) is 0 Å². The standard InChI is InChI=1S/C19H17IN8O3/c1-3-30-12-5-9(4-11(20)16(12)31-8(2)29)15-13-14(23)10(6-21)17(24)27-18(13)28-19(26-15)25-7-22/h4-5,15H,3H2,1-2H3,(H6,23,24,25,26,27,28). The number of aromatic nitrogens is 1. The molecule has 3 rings (SSSR count). The van der Waals surface area contributed by atoms with Crippen LogP contribution in [0.15, 0.2) is 17.1 Å². The average Bonchev–Trinajstić information content (AvgIpc) is 2.70. The summed E-state index contributed by atoms with van der Waals surface area (Å²) < 4.78 is 11.6. The van der Waals surface area contributed by atoms with Gasteiger partial charge in [-0.25, -0.2) is 9.98 Å². The van der Waals surface area contributed by atoms with Crippen molar-refractivity contribution in [2.75, 3.05) is 23.4 Å². The van der Waals surface area contributed by atoms with Gasteiger partial charge in [0.2, 0.25) is 5.96 Å². The second kappa shape index (κ2) is 8.93. The molecule has 0 spiro atoms. The molecule has 0 fully saturated rings. The van der Waals surface area contributed by atoms with Gasteiger partial charge in [0.15, 0.2) is 17.7 Å². The maximum absolute atomic E-state index is 11.5. The fraction of sp³-hybridized carbons (Fsp3) is 0.211. The summed E-state index contributed by atoms with van der Waals surface area (Å²) in [5.74, 6) is 0.496. The number of hydrogen-bond acceptors (Lipinski definition) is 11. The van der Waals surface area contributed by atoms with Crippen molar-refractivity contribution >= 4 is 51.8 Å². The van der Waals surface area contributed by atoms with E-state index >= 15 is 0 Å². The van der Waals surface area contributed by atoms with E-state index in [0.29, 0.717) is 27.1 Å². The molecule has 1 unspecified atom stereocenters. The van der Waals surface area contributed by atoms with Gasteiger partial charge in [0.05, 0.1) is 15.9 Å². The Kier molecular flexibility index (Phi) is 6.31. The molecule has 1 aromatic heterocycles. The van der Waals surface area contributed by atoms with E-state index < -0.39 is 12.0 Å². The van der Waals surface area contributed by atoms with Crippen LogP contribution >= 0.6 is 22.6 Å². The van der Waals surface area contributed by atoms with E-state index in [-0.39, 0.29) is 34.6 Å². The van der Waals surface area contributed by atoms with Crippen LogP contribution in [-0.2, 0) is 4.79 Å². The molecule has 0 radical (unpaired) electrons. The molecule has 31 heavy (non-hydrogen) atoms. The van der Waals surface area contributed by atoms with Crippen molar-refractivity contribution in [3.05, 3.63) is 32.4 Å². The van der Waals surface area contributed by atoms with Crippen LogP contribution in [0.1, 0.15) is 36.6 Å². The predicted octanol–water partition coefficient (Wildman–Crippen LogP) is 1.99. The van der Waals surface area contributed by atoms with E-state index in [9.17, 15) is 10.1 Å². The average molecular weight is 532 g/mol. The molecule has 0 saturated carbocycles. The second-order valence-corrected chi connectivity index (χ2v) is 7.42. The topological polar surface area (TPSA) is 184 Å². The van der Waals surface area contributed by atoms with Crippen molar-refractivity contribution in [3.8, 4) is 23.8 Å². The quantitative estimate of drug-likeness (QED) is 0.149. The number of pyridine rings is 1. The summed E-state index contributed by atoms with van der Waals surface area (Å²) in [4.78, 5) is 20.3. The molecular weight excluding hydrogens is 515 g/mol. The Morgan fingerprint density at radius 1 is 1.39 bits per heavy atom. The molecule has 6 N–H and O–H groups in total. The number of carbonyl (C=O) groups is 1. The first kappa shape index (κ1) is 21.9. The van der Waals surface area contributed by atoms with Crippen LogP contribution < -0.4 is 31.6 Å². The first-order chi connectivity index (χ1) is 14.8. The molecule has 1 atom stereocenters. The minimum Gasteiger partial charge on any atom is -0.490 e. The summed E-state index contributed by atoms with van der Waals surface area (Å²) in [6, 6.07) is 4.62. The van der Waals surface area contributed by atoms with Crippen molar-refractivity contribution in [2.45, 2.75) is 19.9 Å². The Labute approximate surface area is 191 Å². The monoisotopic (exact) mass is 532 g/mol. The number of benzene rings is 1. The molecule has 12 heteroatoms. The molecule has 1 aromatic carbocycles. The molecule has 0 aliphatic carbocycles. The lowest BCUT2D eigenvalue weighted by Crippen LogP contribution is -2.32. The van der Waals surface area contributed by atoms with E-state index in [4.69, 9.17) is 26.2 Å². The Morgan fingerprint density at radius 3 is 2.74 bits per heavy atom. The fourth-order valence-electron chi connectivity index (χ4n) is 3.07. The molecule has 158 valence electrons. The van der Waals surface area contributed by atoms with Crippen LogP contribution in [0.4, 0.5) is 17.3 Å². The molecule has 0 bridgehead atoms. The van der Waals surface area contributed by atoms with Gasteiger partial charge in [-0.2, -0.15) is 10.5 Å². The number of nitrogens with zero attached hydrogens (tertiary/aromatic N) is 4. The smallest absolute Gasteiger partial charge is 0.308 e. The number of nitrogen functional groups attached to an aromatic ring is 2. The van der Waals surface area contributed by atoms with Gasteiger partial charge in [-0.05, 0) is 47.2 Å². The first-order valence-electron chi connectivity index (χ1n) is 8.94. The Hall–Kier alpha value is -3.78. The number of esters is 1. The molecule has 2 heterocycles. The number of anilines is 3. The zero-order chi connectivity index (χ0) is 22.7. The van der Waals surface area contributed by atoms with Crippen LogP contribution in [0.3, 0.4) is 0 Å². The minimum absolute atomic E-state index is 0.0358. The molecule has 1 aliphatic heterocycles. The van der Waals surface area contributed by atoms with Crippen molar-refractivity contribution in [3.63, 3.8) is 0 Å². The number of halogens is 1. The first-order valence-corrected chi connectivity index (χ1v) is 10.0. The Morgan fingerprint density at radius 2 is 2.13 bits per heavy atom. The van der Waals surface area contributed by atoms with Gasteiger partial charge >= 0.3 is 5.97 Å². The summed E-state index contributed by atoms with van der Waals surface area (Å²) in [6.45, 7) is 3.43. The number of fused-ring (bicyclic) bond motifs is 1. The maximum Gasteiger partial charge on any atom is 0.308 e. The zero-order valence-corrected chi connectivity index (χ0v) is 18.6. The summed E-state index contributed by atoms with van der Waals surface area (Å²) >= 11 is 2.02. The van der Waals surface area contributed by atoms with Gasteiger partial charge in [-0.1, -0.05) is 0 Å². The number of nitriles is 2. The number of aliphatic imine (C=N–C) groups is 1. The highest BCUT2D eigenvalue weighted by molar-refractivity contribution is 14.1. The van der Waals surface area contributed by atoms with Crippen molar-refractivity contribution in [2.24, 2.45) is 4.99 Å². The van der Waals surface area contributed by atoms with Crippen molar-refractivity contribution in [1.82, 2.24) is 10.3 Å². The van der Waals surface area contributed by atoms with Crippen LogP contribution in [0.2, 0.25) is 0 Å². The Balaban J connectivity index is 2.25. The van der Waals surface area contributed by atoms with E-state index in [1.54, 1.807) is 25.2 Å². The predicted molar refractivity (Wildman–Crippen MR) is 121 cm³/mol. The van der Waals surface area contributed by atoms with E-state index in [0.717, 1.165) is 0 Å². The summed E-state index contributed by atoms with van der Waals surface area (Å²) in [5, 5.41) is 23.8. The molecule has 11 nitrogen and oxygen atoms in total. The van der Waals surface area contributed by atoms with E-state index in [2.05, 4.69) is 20.6 Å². The fourth-order valence-corrected chi connectivity index (χ4v) is 3.81. The SMILES string of the molecule is CCOc1cc(C2N=C(NC#N)Nc3nc(N)c(C#N)c(N)c32)cc(I)c1OC(C)=O. The van der Waals surface area contributed by atoms with E-state index in [1.807, 2.05) is 28.7 Å². The highest BCUT2D eigenvalue weighted by Crippen LogP contribution is 2.44. The van der Waals surface area contributed by atoms with Gasteiger partial charge in [-0.3, -0.25) is 10.1 Å². The van der Waals surface area contributed by atoms with Crippen molar-refractivity contribution in [1.29, 1.82) is 10.5 Å². The number of guanidine groups is 1. The molecule has 0 amide bonds. The number of hydrogen-bond donors (Lipinski definition) is 4. The lowest BCUT2D eigenvalue weighted by atomic mass is 9.95. The zero-order valence-electron chi connectivity index (χ0n) is 16.5. The van der Waals surface area contributed by atoms with Gasteiger partial charge < -0.3 is 26.3 Å². The number of nitrogens with one attached hydrogen (secondary N) is 2. The Bertz CT molecular complexity index is 1180. The van der Waals surface area contributed by atoms with Crippen LogP contribution in [0.5, 0.6) is 11.5 Å². The third kappa shape index (κ3) is 4.24. The summed E-state index contributed by atoms with van der Waals surface area (Å²) in [5.41, 5.74) is 13.3. The van der Waals surface area contributed by atoms with Gasteiger partial charge in [0.1, 0.15) is 29.3 Å². The molecular formula is C19H17IN8O3. The summed E-state index contributed by atoms with van der Waals surface area (Å²) in [6.07, 6.45) is 1.80. The van der Waals surface area contributed by atoms with Crippen LogP contribution in [0, 0.1) is 26.4 Å². The summed E-state index contributed by atoms with van der Waals surface area (Å²) in [7, 11) is 0. The van der Waals surface area contributed by atoms with Gasteiger partial charge in [0.25, 0.3) is 0 Å². The third-order valence-corrected chi connectivity index (χ3v) is 5.05. The van der Waals surface area contributed by atoms with Crippen LogP contribution in [-0.4, -0.2) is 23.5 Å². The highest BCUT2D eigenvalue weighted by Gasteiger charge is 2.31. The normalized spacial score (nSPS) is 14.2. The largest absolute Gasteiger partial charge is 0.490 e. The van der Waals surface area contributed by atoms with Crippen molar-refractivity contribution < 1.29 is 14.3 Å². The molecule has 0 saturated heterocycles. The number of ether oxygens (including phenoxy) is 2. The molecule has 1 aliphatic rings. The van der Waals surface area contributed by atoms with E-state index in [1.165, 1.54) is 6.92 Å². The maximum atomic E-state index is 11.5. The molecule has 2 aromatic rings. The van der Waals surface area contributed by atoms with Crippen LogP contribution in [0.25, 0.3) is 0 Å². The third-order valence-electron chi connectivity index (χ3n) is 4.25. The van der Waals surface area contributed by atoms with Gasteiger partial charge in [0, 0.05) is 12.5 Å². The lowest BCUT2D eigenvalue weighted by molar-refractivity contribution is -0.132. The number of rotatable bonds is 4. The number of nitrogens with two attached hydrogens (primary N) is 2. The minimum atomic E-state index is -0.744. The number of carbonyl (C=O) groups excluding carboxylic acids is 1.